The van der Waals surface area contributed by atoms with Crippen molar-refractivity contribution in [3.8, 4) is 5.75 Å². The Morgan fingerprint density at radius 2 is 1.96 bits per heavy atom. The van der Waals surface area contributed by atoms with E-state index in [2.05, 4.69) is 0 Å². The third kappa shape index (κ3) is 3.40. The summed E-state index contributed by atoms with van der Waals surface area (Å²) in [5.74, 6) is 0.664. The fourth-order valence-corrected chi connectivity index (χ4v) is 4.95. The van der Waals surface area contributed by atoms with Crippen LogP contribution in [0.15, 0.2) is 21.9 Å². The number of ketones is 1. The molecule has 0 aromatic heterocycles. The maximum Gasteiger partial charge on any atom is 0.288 e. The van der Waals surface area contributed by atoms with E-state index in [1.54, 1.807) is 0 Å². The summed E-state index contributed by atoms with van der Waals surface area (Å²) in [5, 5.41) is 16.4. The Balaban J connectivity index is 1.93. The minimum absolute atomic E-state index is 0.00429. The zero-order valence-electron chi connectivity index (χ0n) is 12.6. The minimum Gasteiger partial charge on any atom is -0.491 e. The fourth-order valence-electron chi connectivity index (χ4n) is 3.01. The zero-order valence-corrected chi connectivity index (χ0v) is 14.3. The molecule has 2 N–H and O–H groups in total. The van der Waals surface area contributed by atoms with Crippen LogP contribution in [0.1, 0.15) is 25.7 Å². The van der Waals surface area contributed by atoms with E-state index >= 15 is 0 Å². The molecule has 2 aliphatic rings. The largest absolute Gasteiger partial charge is 0.491 e. The maximum absolute atomic E-state index is 11.5. The lowest BCUT2D eigenvalue weighted by atomic mass is 9.86. The van der Waals surface area contributed by atoms with Crippen LogP contribution in [0, 0.1) is 16.0 Å². The van der Waals surface area contributed by atoms with Gasteiger partial charge in [-0.3, -0.25) is 14.9 Å². The monoisotopic (exact) mass is 372 g/mol. The number of carbonyl (C=O) groups excluding carboxylic acids is 1. The van der Waals surface area contributed by atoms with E-state index < -0.39 is 14.9 Å². The summed E-state index contributed by atoms with van der Waals surface area (Å²) < 4.78 is 28.6. The number of nitro groups is 1. The van der Waals surface area contributed by atoms with Gasteiger partial charge in [0.05, 0.1) is 9.82 Å². The lowest BCUT2D eigenvalue weighted by molar-refractivity contribution is -0.388. The number of benzene rings is 1. The van der Waals surface area contributed by atoms with Crippen LogP contribution >= 0.6 is 11.8 Å². The van der Waals surface area contributed by atoms with Crippen molar-refractivity contribution in [2.24, 2.45) is 11.1 Å². The Bertz CT molecular complexity index is 798. The average Bonchev–Trinajstić information content (AvgIpc) is 2.53. The second-order valence-corrected chi connectivity index (χ2v) is 8.73. The second-order valence-electron chi connectivity index (χ2n) is 5.92. The van der Waals surface area contributed by atoms with Crippen LogP contribution in [-0.4, -0.2) is 31.0 Å². The summed E-state index contributed by atoms with van der Waals surface area (Å²) in [4.78, 5) is 22.1. The number of Topliss-reactive ketones (excluding diaryl/α,β-unsaturated/α-hetero) is 1. The maximum atomic E-state index is 11.5. The third-order valence-corrected chi connectivity index (χ3v) is 6.68. The van der Waals surface area contributed by atoms with Crippen LogP contribution in [0.3, 0.4) is 0 Å². The van der Waals surface area contributed by atoms with Gasteiger partial charge in [-0.05, 0) is 18.8 Å². The van der Waals surface area contributed by atoms with E-state index in [0.29, 0.717) is 24.3 Å². The van der Waals surface area contributed by atoms with Crippen molar-refractivity contribution >= 4 is 33.3 Å². The average molecular weight is 372 g/mol. The molecule has 24 heavy (non-hydrogen) atoms. The van der Waals surface area contributed by atoms with E-state index in [0.717, 1.165) is 18.9 Å². The Hall–Kier alpha value is -1.65. The van der Waals surface area contributed by atoms with E-state index in [4.69, 9.17) is 9.88 Å². The molecule has 130 valence electrons. The van der Waals surface area contributed by atoms with Crippen LogP contribution in [0.4, 0.5) is 5.69 Å². The molecule has 1 aliphatic heterocycles. The van der Waals surface area contributed by atoms with Crippen LogP contribution in [0.2, 0.25) is 0 Å². The van der Waals surface area contributed by atoms with Gasteiger partial charge in [-0.25, -0.2) is 13.6 Å². The second kappa shape index (κ2) is 6.34. The number of thioether (sulfide) groups is 1. The number of fused-ring (bicyclic) bond motifs is 1. The molecule has 8 nitrogen and oxygen atoms in total. The molecule has 3 rings (SSSR count). The van der Waals surface area contributed by atoms with Crippen molar-refractivity contribution in [2.75, 3.05) is 6.61 Å². The first kappa shape index (κ1) is 17.2. The summed E-state index contributed by atoms with van der Waals surface area (Å²) in [6, 6.07) is 2.20. The first-order valence-electron chi connectivity index (χ1n) is 7.42. The first-order valence-corrected chi connectivity index (χ1v) is 9.84. The van der Waals surface area contributed by atoms with Crippen LogP contribution in [0.5, 0.6) is 5.75 Å². The summed E-state index contributed by atoms with van der Waals surface area (Å²) in [7, 11) is -4.06. The number of nitro benzene ring substituents is 1. The molecule has 1 fully saturated rings. The number of primary sulfonamides is 1. The van der Waals surface area contributed by atoms with Gasteiger partial charge in [0.25, 0.3) is 5.69 Å². The molecular weight excluding hydrogens is 356 g/mol. The van der Waals surface area contributed by atoms with E-state index in [1.165, 1.54) is 17.8 Å². The highest BCUT2D eigenvalue weighted by atomic mass is 32.2. The lowest BCUT2D eigenvalue weighted by Crippen LogP contribution is -2.31. The molecule has 0 bridgehead atoms. The van der Waals surface area contributed by atoms with Crippen LogP contribution in [0.25, 0.3) is 0 Å². The number of carbonyl (C=O) groups is 1. The van der Waals surface area contributed by atoms with Gasteiger partial charge < -0.3 is 4.74 Å². The highest BCUT2D eigenvalue weighted by molar-refractivity contribution is 8.00. The van der Waals surface area contributed by atoms with Crippen molar-refractivity contribution < 1.29 is 22.9 Å². The summed E-state index contributed by atoms with van der Waals surface area (Å²) in [6.45, 7) is 0.321. The van der Waals surface area contributed by atoms with E-state index in [-0.39, 0.29) is 33.3 Å². The quantitative estimate of drug-likeness (QED) is 0.633. The van der Waals surface area contributed by atoms with Gasteiger partial charge in [0.2, 0.25) is 10.0 Å². The van der Waals surface area contributed by atoms with Crippen molar-refractivity contribution in [1.82, 2.24) is 0 Å². The molecule has 0 amide bonds. The van der Waals surface area contributed by atoms with E-state index in [1.807, 2.05) is 0 Å². The fraction of sp³-hybridized carbons (Fsp3) is 0.500. The SMILES string of the molecule is NS(=O)(=O)c1cc2c(c([N+](=O)[O-])c1)SC(C1CCC(=O)CC1)CO2. The van der Waals surface area contributed by atoms with Crippen molar-refractivity contribution in [3.05, 3.63) is 22.2 Å². The van der Waals surface area contributed by atoms with Crippen LogP contribution in [-0.2, 0) is 14.8 Å². The summed E-state index contributed by atoms with van der Waals surface area (Å²) >= 11 is 1.33. The highest BCUT2D eigenvalue weighted by Crippen LogP contribution is 2.47. The molecule has 1 atom stereocenters. The molecule has 10 heteroatoms. The Morgan fingerprint density at radius 3 is 2.54 bits per heavy atom. The lowest BCUT2D eigenvalue weighted by Gasteiger charge is -2.32. The highest BCUT2D eigenvalue weighted by Gasteiger charge is 2.35. The van der Waals surface area contributed by atoms with Gasteiger partial charge in [-0.15, -0.1) is 11.8 Å². The van der Waals surface area contributed by atoms with Gasteiger partial charge in [0, 0.05) is 30.2 Å². The van der Waals surface area contributed by atoms with E-state index in [9.17, 15) is 23.3 Å². The van der Waals surface area contributed by atoms with Gasteiger partial charge in [-0.2, -0.15) is 0 Å². The molecule has 1 aromatic rings. The number of rotatable bonds is 3. The zero-order chi connectivity index (χ0) is 17.5. The van der Waals surface area contributed by atoms with Crippen molar-refractivity contribution in [1.29, 1.82) is 0 Å². The topological polar surface area (TPSA) is 130 Å². The Labute approximate surface area is 142 Å². The first-order chi connectivity index (χ1) is 11.3. The normalized spacial score (nSPS) is 21.9. The molecule has 1 unspecified atom stereocenters. The Morgan fingerprint density at radius 1 is 1.29 bits per heavy atom. The number of hydrogen-bond donors (Lipinski definition) is 1. The third-order valence-electron chi connectivity index (χ3n) is 4.32. The number of hydrogen-bond acceptors (Lipinski definition) is 7. The minimum atomic E-state index is -4.06. The predicted molar refractivity (Wildman–Crippen MR) is 86.6 cm³/mol. The molecule has 1 saturated carbocycles. The van der Waals surface area contributed by atoms with Crippen molar-refractivity contribution in [2.45, 2.75) is 40.7 Å². The van der Waals surface area contributed by atoms with Crippen molar-refractivity contribution in [3.63, 3.8) is 0 Å². The van der Waals surface area contributed by atoms with Gasteiger partial charge in [0.15, 0.2) is 0 Å². The predicted octanol–water partition coefficient (Wildman–Crippen LogP) is 1.85. The number of nitrogens with two attached hydrogens (primary N) is 1. The smallest absolute Gasteiger partial charge is 0.288 e. The number of nitrogens with zero attached hydrogens (tertiary/aromatic N) is 1. The molecule has 0 saturated heterocycles. The Kier molecular flexibility index (Phi) is 4.54. The molecule has 0 radical (unpaired) electrons. The molecule has 0 spiro atoms. The van der Waals surface area contributed by atoms with Crippen LogP contribution < -0.4 is 9.88 Å². The molecule has 1 heterocycles. The summed E-state index contributed by atoms with van der Waals surface area (Å²) in [5.41, 5.74) is -0.321. The molecule has 1 aromatic carbocycles. The van der Waals surface area contributed by atoms with Gasteiger partial charge in [-0.1, -0.05) is 0 Å². The summed E-state index contributed by atoms with van der Waals surface area (Å²) in [6.07, 6.45) is 2.55. The number of sulfonamides is 1. The standard InChI is InChI=1S/C14H16N2O6S2/c15-24(20,21)10-5-11(16(18)19)14-12(6-10)22-7-13(23-14)8-1-3-9(17)4-2-8/h5-6,8,13H,1-4,7H2,(H2,15,20,21). The van der Waals surface area contributed by atoms with Gasteiger partial charge >= 0.3 is 0 Å². The number of ether oxygens (including phenoxy) is 1. The molecule has 1 aliphatic carbocycles. The molecular formula is C14H16N2O6S2. The van der Waals surface area contributed by atoms with Gasteiger partial charge in [0.1, 0.15) is 23.0 Å².